The predicted molar refractivity (Wildman–Crippen MR) is 102 cm³/mol. The summed E-state index contributed by atoms with van der Waals surface area (Å²) in [5.41, 5.74) is 1.06. The van der Waals surface area contributed by atoms with Gasteiger partial charge in [-0.15, -0.1) is 11.8 Å². The van der Waals surface area contributed by atoms with E-state index in [4.69, 9.17) is 4.74 Å². The van der Waals surface area contributed by atoms with Gasteiger partial charge in [-0.25, -0.2) is 13.2 Å². The summed E-state index contributed by atoms with van der Waals surface area (Å²) in [5.74, 6) is -0.611. The second-order valence-electron chi connectivity index (χ2n) is 5.30. The van der Waals surface area contributed by atoms with Crippen molar-refractivity contribution in [3.05, 3.63) is 65.5 Å². The minimum Gasteiger partial charge on any atom is -0.458 e. The van der Waals surface area contributed by atoms with Crippen molar-refractivity contribution in [2.45, 2.75) is 18.7 Å². The molecule has 1 N–H and O–H groups in total. The monoisotopic (exact) mass is 393 g/mol. The maximum absolute atomic E-state index is 12.7. The lowest BCUT2D eigenvalue weighted by atomic mass is 10.2. The highest BCUT2D eigenvalue weighted by Gasteiger charge is 2.29. The number of aromatic nitrogens is 1. The Morgan fingerprint density at radius 3 is 2.31 bits per heavy atom. The molecule has 0 aliphatic heterocycles. The van der Waals surface area contributed by atoms with Crippen molar-refractivity contribution in [1.82, 2.24) is 4.72 Å². The van der Waals surface area contributed by atoms with E-state index in [9.17, 15) is 13.2 Å². The highest BCUT2D eigenvalue weighted by atomic mass is 32.2. The van der Waals surface area contributed by atoms with Gasteiger partial charge in [-0.05, 0) is 32.2 Å². The first-order valence-corrected chi connectivity index (χ1v) is 10.6. The molecule has 0 atom stereocenters. The average Bonchev–Trinajstić information content (AvgIpc) is 2.62. The quantitative estimate of drug-likeness (QED) is 0.444. The Morgan fingerprint density at radius 1 is 1.15 bits per heavy atom. The van der Waals surface area contributed by atoms with Crippen molar-refractivity contribution in [3.8, 4) is 0 Å². The van der Waals surface area contributed by atoms with Crippen LogP contribution in [0, 0.1) is 6.92 Å². The van der Waals surface area contributed by atoms with E-state index in [-0.39, 0.29) is 22.2 Å². The smallest absolute Gasteiger partial charge is 0.407 e. The SMILES string of the molecule is CCOC(=O)C(=C(NS(=O)(=O)c1ccc(C)cc1)SC)[n+]1ccccc1. The van der Waals surface area contributed by atoms with Gasteiger partial charge >= 0.3 is 11.7 Å². The standard InChI is InChI=1S/C18H20N2O4S2/c1-4-24-18(21)16(20-12-6-5-7-13-20)17(25-3)19-26(22,23)15-10-8-14(2)9-11-15/h5-13H,4H2,1-3H3/p+1. The number of carbonyl (C=O) groups is 1. The van der Waals surface area contributed by atoms with Crippen LogP contribution in [0.2, 0.25) is 0 Å². The number of benzene rings is 1. The number of nitrogens with zero attached hydrogens (tertiary/aromatic N) is 1. The molecule has 0 saturated heterocycles. The van der Waals surface area contributed by atoms with Crippen LogP contribution in [0.25, 0.3) is 5.70 Å². The van der Waals surface area contributed by atoms with Crippen LogP contribution < -0.4 is 9.29 Å². The van der Waals surface area contributed by atoms with Crippen molar-refractivity contribution in [2.24, 2.45) is 0 Å². The molecule has 0 saturated carbocycles. The largest absolute Gasteiger partial charge is 0.458 e. The summed E-state index contributed by atoms with van der Waals surface area (Å²) in [4.78, 5) is 12.6. The minimum atomic E-state index is -3.84. The first-order chi connectivity index (χ1) is 12.4. The third-order valence-electron chi connectivity index (χ3n) is 3.42. The van der Waals surface area contributed by atoms with Gasteiger partial charge in [0, 0.05) is 12.1 Å². The molecule has 0 aliphatic rings. The number of nitrogens with one attached hydrogen (secondary N) is 1. The molecule has 1 aromatic carbocycles. The summed E-state index contributed by atoms with van der Waals surface area (Å²) in [6, 6.07) is 11.8. The average molecular weight is 394 g/mol. The summed E-state index contributed by atoms with van der Waals surface area (Å²) in [7, 11) is -3.84. The number of ether oxygens (including phenoxy) is 1. The molecule has 0 aliphatic carbocycles. The zero-order valence-corrected chi connectivity index (χ0v) is 16.4. The van der Waals surface area contributed by atoms with E-state index in [1.54, 1.807) is 55.9 Å². The number of carbonyl (C=O) groups excluding carboxylic acids is 1. The highest BCUT2D eigenvalue weighted by molar-refractivity contribution is 8.03. The van der Waals surface area contributed by atoms with Crippen LogP contribution in [0.5, 0.6) is 0 Å². The van der Waals surface area contributed by atoms with E-state index >= 15 is 0 Å². The zero-order valence-electron chi connectivity index (χ0n) is 14.8. The van der Waals surface area contributed by atoms with E-state index in [1.165, 1.54) is 16.7 Å². The molecule has 0 fully saturated rings. The van der Waals surface area contributed by atoms with E-state index in [0.29, 0.717) is 0 Å². The van der Waals surface area contributed by atoms with E-state index in [0.717, 1.165) is 17.3 Å². The van der Waals surface area contributed by atoms with Gasteiger partial charge in [0.25, 0.3) is 10.0 Å². The Hall–Kier alpha value is -2.32. The highest BCUT2D eigenvalue weighted by Crippen LogP contribution is 2.20. The summed E-state index contributed by atoms with van der Waals surface area (Å²) in [5, 5.41) is 0.181. The van der Waals surface area contributed by atoms with E-state index in [2.05, 4.69) is 4.72 Å². The third-order valence-corrected chi connectivity index (χ3v) is 5.62. The maximum atomic E-state index is 12.7. The second kappa shape index (κ2) is 8.86. The van der Waals surface area contributed by atoms with Crippen LogP contribution in [0.3, 0.4) is 0 Å². The predicted octanol–water partition coefficient (Wildman–Crippen LogP) is 2.31. The maximum Gasteiger partial charge on any atom is 0.407 e. The molecule has 26 heavy (non-hydrogen) atoms. The fourth-order valence-corrected chi connectivity index (χ4v) is 4.15. The molecular formula is C18H21N2O4S2+. The van der Waals surface area contributed by atoms with Gasteiger partial charge in [-0.1, -0.05) is 23.8 Å². The lowest BCUT2D eigenvalue weighted by Crippen LogP contribution is -2.40. The van der Waals surface area contributed by atoms with Gasteiger partial charge in [0.15, 0.2) is 17.4 Å². The van der Waals surface area contributed by atoms with Gasteiger partial charge in [-0.3, -0.25) is 4.72 Å². The van der Waals surface area contributed by atoms with Gasteiger partial charge in [-0.2, -0.15) is 4.57 Å². The number of hydrogen-bond donors (Lipinski definition) is 1. The Bertz CT molecular complexity index is 893. The number of pyridine rings is 1. The number of sulfonamides is 1. The topological polar surface area (TPSA) is 76.3 Å². The molecule has 0 amide bonds. The molecule has 0 spiro atoms. The van der Waals surface area contributed by atoms with Crippen LogP contribution in [0.15, 0.2) is 64.8 Å². The van der Waals surface area contributed by atoms with Crippen molar-refractivity contribution in [1.29, 1.82) is 0 Å². The van der Waals surface area contributed by atoms with Crippen LogP contribution in [0.1, 0.15) is 12.5 Å². The van der Waals surface area contributed by atoms with Crippen molar-refractivity contribution in [3.63, 3.8) is 0 Å². The van der Waals surface area contributed by atoms with Crippen molar-refractivity contribution >= 4 is 33.5 Å². The van der Waals surface area contributed by atoms with Crippen molar-refractivity contribution < 1.29 is 22.5 Å². The molecule has 2 aromatic rings. The Labute approximate surface area is 157 Å². The molecule has 1 heterocycles. The van der Waals surface area contributed by atoms with Gasteiger partial charge < -0.3 is 4.74 Å². The Balaban J connectivity index is 2.51. The Kier molecular flexibility index (Phi) is 6.82. The molecule has 138 valence electrons. The molecule has 0 bridgehead atoms. The van der Waals surface area contributed by atoms with Gasteiger partial charge in [0.2, 0.25) is 0 Å². The van der Waals surface area contributed by atoms with E-state index in [1.807, 2.05) is 6.92 Å². The van der Waals surface area contributed by atoms with Crippen LogP contribution in [-0.2, 0) is 19.6 Å². The molecule has 2 rings (SSSR count). The molecule has 6 nitrogen and oxygen atoms in total. The lowest BCUT2D eigenvalue weighted by molar-refractivity contribution is -0.578. The fourth-order valence-electron chi connectivity index (χ4n) is 2.15. The summed E-state index contributed by atoms with van der Waals surface area (Å²) < 4.78 is 34.6. The summed E-state index contributed by atoms with van der Waals surface area (Å²) in [6.45, 7) is 3.75. The zero-order chi connectivity index (χ0) is 19.2. The van der Waals surface area contributed by atoms with Crippen molar-refractivity contribution in [2.75, 3.05) is 12.9 Å². The second-order valence-corrected chi connectivity index (χ2v) is 7.80. The number of esters is 1. The fraction of sp³-hybridized carbons (Fsp3) is 0.222. The lowest BCUT2D eigenvalue weighted by Gasteiger charge is -2.11. The Morgan fingerprint density at radius 2 is 1.77 bits per heavy atom. The molecule has 0 unspecified atom stereocenters. The molecular weight excluding hydrogens is 372 g/mol. The third kappa shape index (κ3) is 4.86. The van der Waals surface area contributed by atoms with E-state index < -0.39 is 16.0 Å². The number of hydrogen-bond acceptors (Lipinski definition) is 5. The molecule has 8 heteroatoms. The number of thioether (sulfide) groups is 1. The number of rotatable bonds is 7. The summed E-state index contributed by atoms with van der Waals surface area (Å²) in [6.07, 6.45) is 5.00. The van der Waals surface area contributed by atoms with Gasteiger partial charge in [0.05, 0.1) is 11.5 Å². The van der Waals surface area contributed by atoms with Crippen LogP contribution in [-0.4, -0.2) is 27.2 Å². The molecule has 0 radical (unpaired) electrons. The number of aryl methyl sites for hydroxylation is 1. The summed E-state index contributed by atoms with van der Waals surface area (Å²) >= 11 is 1.12. The first kappa shape index (κ1) is 20.0. The van der Waals surface area contributed by atoms with Crippen LogP contribution >= 0.6 is 11.8 Å². The first-order valence-electron chi connectivity index (χ1n) is 7.90. The van der Waals surface area contributed by atoms with Gasteiger partial charge in [0.1, 0.15) is 0 Å². The minimum absolute atomic E-state index is 0.107. The van der Waals surface area contributed by atoms with Crippen LogP contribution in [0.4, 0.5) is 0 Å². The molecule has 1 aromatic heterocycles. The normalized spacial score (nSPS) is 12.3.